The lowest BCUT2D eigenvalue weighted by molar-refractivity contribution is 0.0522. The van der Waals surface area contributed by atoms with Crippen molar-refractivity contribution in [2.24, 2.45) is 5.73 Å². The second kappa shape index (κ2) is 7.11. The molecule has 0 aliphatic carbocycles. The van der Waals surface area contributed by atoms with Crippen molar-refractivity contribution < 1.29 is 19.7 Å². The number of hydrogen-bond acceptors (Lipinski definition) is 5. The first-order valence-corrected chi connectivity index (χ1v) is 5.59. The number of nitrogens with two attached hydrogens (primary N) is 1. The fourth-order valence-electron chi connectivity index (χ4n) is 1.39. The van der Waals surface area contributed by atoms with Crippen molar-refractivity contribution in [3.63, 3.8) is 0 Å². The molecule has 5 nitrogen and oxygen atoms in total. The van der Waals surface area contributed by atoms with E-state index in [-0.39, 0.29) is 13.2 Å². The molecule has 4 N–H and O–H groups in total. The zero-order chi connectivity index (χ0) is 12.7. The van der Waals surface area contributed by atoms with E-state index in [1.54, 1.807) is 6.07 Å². The van der Waals surface area contributed by atoms with Crippen molar-refractivity contribution in [2.45, 2.75) is 19.6 Å². The van der Waals surface area contributed by atoms with Crippen LogP contribution >= 0.6 is 0 Å². The van der Waals surface area contributed by atoms with Gasteiger partial charge < -0.3 is 25.4 Å². The standard InChI is InChI=1S/C12H19NO4/c1-2-16-11-5-3-4-9(6-13)12(11)17-8-10(15)7-14/h3-5,10,14-15H,2,6-8,13H2,1H3. The summed E-state index contributed by atoms with van der Waals surface area (Å²) < 4.78 is 10.9. The van der Waals surface area contributed by atoms with Crippen LogP contribution in [0.5, 0.6) is 11.5 Å². The first-order valence-electron chi connectivity index (χ1n) is 5.59. The Hall–Kier alpha value is -1.30. The first kappa shape index (κ1) is 13.8. The molecule has 0 amide bonds. The van der Waals surface area contributed by atoms with Crippen molar-refractivity contribution in [3.8, 4) is 11.5 Å². The lowest BCUT2D eigenvalue weighted by Crippen LogP contribution is -2.22. The Morgan fingerprint density at radius 3 is 2.71 bits per heavy atom. The van der Waals surface area contributed by atoms with E-state index in [0.29, 0.717) is 24.7 Å². The third-order valence-electron chi connectivity index (χ3n) is 2.21. The maximum Gasteiger partial charge on any atom is 0.165 e. The van der Waals surface area contributed by atoms with Crippen LogP contribution in [0, 0.1) is 0 Å². The largest absolute Gasteiger partial charge is 0.490 e. The highest BCUT2D eigenvalue weighted by atomic mass is 16.5. The van der Waals surface area contributed by atoms with Crippen molar-refractivity contribution in [2.75, 3.05) is 19.8 Å². The Balaban J connectivity index is 2.84. The summed E-state index contributed by atoms with van der Waals surface area (Å²) in [6, 6.07) is 5.45. The highest BCUT2D eigenvalue weighted by Crippen LogP contribution is 2.31. The Morgan fingerprint density at radius 2 is 2.12 bits per heavy atom. The number of aliphatic hydroxyl groups is 2. The zero-order valence-corrected chi connectivity index (χ0v) is 9.93. The topological polar surface area (TPSA) is 84.9 Å². The van der Waals surface area contributed by atoms with Gasteiger partial charge in [-0.25, -0.2) is 0 Å². The number of ether oxygens (including phenoxy) is 2. The van der Waals surface area contributed by atoms with Crippen LogP contribution in [-0.2, 0) is 6.54 Å². The highest BCUT2D eigenvalue weighted by molar-refractivity contribution is 5.46. The molecule has 0 aliphatic heterocycles. The fraction of sp³-hybridized carbons (Fsp3) is 0.500. The zero-order valence-electron chi connectivity index (χ0n) is 9.93. The fourth-order valence-corrected chi connectivity index (χ4v) is 1.39. The maximum absolute atomic E-state index is 9.26. The van der Waals surface area contributed by atoms with E-state index in [2.05, 4.69) is 0 Å². The monoisotopic (exact) mass is 241 g/mol. The minimum absolute atomic E-state index is 0.00753. The summed E-state index contributed by atoms with van der Waals surface area (Å²) in [5.41, 5.74) is 6.41. The number of benzene rings is 1. The average Bonchev–Trinajstić information content (AvgIpc) is 2.36. The molecule has 0 radical (unpaired) electrons. The minimum atomic E-state index is -0.907. The average molecular weight is 241 g/mol. The maximum atomic E-state index is 9.26. The van der Waals surface area contributed by atoms with Gasteiger partial charge in [0, 0.05) is 12.1 Å². The van der Waals surface area contributed by atoms with Gasteiger partial charge in [-0.2, -0.15) is 0 Å². The summed E-state index contributed by atoms with van der Waals surface area (Å²) in [6.07, 6.45) is -0.907. The van der Waals surface area contributed by atoms with Gasteiger partial charge >= 0.3 is 0 Å². The van der Waals surface area contributed by atoms with Crippen LogP contribution in [0.25, 0.3) is 0 Å². The number of para-hydroxylation sites is 1. The van der Waals surface area contributed by atoms with E-state index in [0.717, 1.165) is 5.56 Å². The first-order chi connectivity index (χ1) is 8.22. The summed E-state index contributed by atoms with van der Waals surface area (Å²) in [6.45, 7) is 2.39. The molecule has 96 valence electrons. The van der Waals surface area contributed by atoms with Gasteiger partial charge in [-0.3, -0.25) is 0 Å². The molecule has 0 saturated heterocycles. The van der Waals surface area contributed by atoms with E-state index in [9.17, 15) is 5.11 Å². The molecule has 0 aromatic heterocycles. The summed E-state index contributed by atoms with van der Waals surface area (Å²) in [5, 5.41) is 18.0. The molecular weight excluding hydrogens is 222 g/mol. The van der Waals surface area contributed by atoms with Crippen LogP contribution in [0.1, 0.15) is 12.5 Å². The molecule has 17 heavy (non-hydrogen) atoms. The van der Waals surface area contributed by atoms with E-state index >= 15 is 0 Å². The van der Waals surface area contributed by atoms with Gasteiger partial charge in [-0.1, -0.05) is 12.1 Å². The molecule has 1 atom stereocenters. The molecule has 5 heteroatoms. The van der Waals surface area contributed by atoms with Crippen LogP contribution in [0.4, 0.5) is 0 Å². The van der Waals surface area contributed by atoms with Crippen LogP contribution in [-0.4, -0.2) is 36.1 Å². The lowest BCUT2D eigenvalue weighted by Gasteiger charge is -2.16. The molecule has 1 unspecified atom stereocenters. The minimum Gasteiger partial charge on any atom is -0.490 e. The summed E-state index contributed by atoms with van der Waals surface area (Å²) in [5.74, 6) is 1.13. The van der Waals surface area contributed by atoms with Gasteiger partial charge in [0.2, 0.25) is 0 Å². The molecule has 0 bridgehead atoms. The molecule has 0 spiro atoms. The van der Waals surface area contributed by atoms with Gasteiger partial charge in [-0.15, -0.1) is 0 Å². The second-order valence-corrected chi connectivity index (χ2v) is 3.53. The lowest BCUT2D eigenvalue weighted by atomic mass is 10.2. The number of hydrogen-bond donors (Lipinski definition) is 3. The summed E-state index contributed by atoms with van der Waals surface area (Å²) in [7, 11) is 0. The SMILES string of the molecule is CCOc1cccc(CN)c1OCC(O)CO. The Labute approximate surface area is 101 Å². The third kappa shape index (κ3) is 3.89. The van der Waals surface area contributed by atoms with Crippen LogP contribution in [0.3, 0.4) is 0 Å². The van der Waals surface area contributed by atoms with Crippen molar-refractivity contribution >= 4 is 0 Å². The molecule has 1 aromatic rings. The summed E-state index contributed by atoms with van der Waals surface area (Å²) >= 11 is 0. The van der Waals surface area contributed by atoms with E-state index in [4.69, 9.17) is 20.3 Å². The molecular formula is C12H19NO4. The van der Waals surface area contributed by atoms with Crippen molar-refractivity contribution in [1.82, 2.24) is 0 Å². The second-order valence-electron chi connectivity index (χ2n) is 3.53. The highest BCUT2D eigenvalue weighted by Gasteiger charge is 2.12. The number of rotatable bonds is 7. The Morgan fingerprint density at radius 1 is 1.35 bits per heavy atom. The van der Waals surface area contributed by atoms with Gasteiger partial charge in [0.1, 0.15) is 12.7 Å². The molecule has 0 saturated carbocycles. The van der Waals surface area contributed by atoms with Crippen LogP contribution in [0.15, 0.2) is 18.2 Å². The Kier molecular flexibility index (Phi) is 5.76. The van der Waals surface area contributed by atoms with Gasteiger partial charge in [0.15, 0.2) is 11.5 Å². The Bertz CT molecular complexity index is 343. The smallest absolute Gasteiger partial charge is 0.165 e. The van der Waals surface area contributed by atoms with Gasteiger partial charge in [0.25, 0.3) is 0 Å². The van der Waals surface area contributed by atoms with Crippen LogP contribution in [0.2, 0.25) is 0 Å². The van der Waals surface area contributed by atoms with Crippen LogP contribution < -0.4 is 15.2 Å². The normalized spacial score (nSPS) is 12.2. The predicted molar refractivity (Wildman–Crippen MR) is 64.1 cm³/mol. The van der Waals surface area contributed by atoms with Crippen molar-refractivity contribution in [3.05, 3.63) is 23.8 Å². The van der Waals surface area contributed by atoms with E-state index in [1.807, 2.05) is 19.1 Å². The van der Waals surface area contributed by atoms with E-state index in [1.165, 1.54) is 0 Å². The van der Waals surface area contributed by atoms with Gasteiger partial charge in [-0.05, 0) is 13.0 Å². The van der Waals surface area contributed by atoms with Crippen molar-refractivity contribution in [1.29, 1.82) is 0 Å². The molecule has 1 aromatic carbocycles. The van der Waals surface area contributed by atoms with E-state index < -0.39 is 6.10 Å². The third-order valence-corrected chi connectivity index (χ3v) is 2.21. The quantitative estimate of drug-likeness (QED) is 0.638. The molecule has 0 fully saturated rings. The number of aliphatic hydroxyl groups excluding tert-OH is 2. The molecule has 0 aliphatic rings. The molecule has 1 rings (SSSR count). The summed E-state index contributed by atoms with van der Waals surface area (Å²) in [4.78, 5) is 0. The van der Waals surface area contributed by atoms with Gasteiger partial charge in [0.05, 0.1) is 13.2 Å². The predicted octanol–water partition coefficient (Wildman–Crippen LogP) is 0.276. The molecule has 0 heterocycles.